The Hall–Kier alpha value is -2.11. The van der Waals surface area contributed by atoms with E-state index in [2.05, 4.69) is 45.1 Å². The van der Waals surface area contributed by atoms with Gasteiger partial charge in [0.15, 0.2) is 6.10 Å². The van der Waals surface area contributed by atoms with Gasteiger partial charge in [0.25, 0.3) is 0 Å². The molecule has 6 nitrogen and oxygen atoms in total. The van der Waals surface area contributed by atoms with Crippen molar-refractivity contribution in [2.75, 3.05) is 13.2 Å². The van der Waals surface area contributed by atoms with Gasteiger partial charge in [-0.05, 0) is 51.4 Å². The van der Waals surface area contributed by atoms with Crippen LogP contribution in [-0.4, -0.2) is 37.2 Å². The van der Waals surface area contributed by atoms with Crippen LogP contribution >= 0.6 is 0 Å². The van der Waals surface area contributed by atoms with Crippen LogP contribution < -0.4 is 0 Å². The summed E-state index contributed by atoms with van der Waals surface area (Å²) in [6.07, 6.45) is 67.4. The molecule has 0 spiro atoms. The summed E-state index contributed by atoms with van der Waals surface area (Å²) >= 11 is 0. The molecule has 1 unspecified atom stereocenters. The number of ether oxygens (including phenoxy) is 3. The van der Waals surface area contributed by atoms with Crippen molar-refractivity contribution in [2.45, 2.75) is 341 Å². The number of allylic oxidation sites excluding steroid dienone is 4. The van der Waals surface area contributed by atoms with E-state index in [0.717, 1.165) is 70.6 Å². The molecule has 68 heavy (non-hydrogen) atoms. The molecule has 1 atom stereocenters. The Morgan fingerprint density at radius 2 is 0.529 bits per heavy atom. The SMILES string of the molecule is CCCCCC/C=C\C/C=C\CCCCCCCCCC(=O)OCC(COC(=O)CCCCCCCCCCCCCCCC)OC(=O)CCCCCCCCCCCCCCCCCCCC. The number of carbonyl (C=O) groups excluding carboxylic acids is 3. The maximum absolute atomic E-state index is 12.9. The maximum Gasteiger partial charge on any atom is 0.306 e. The van der Waals surface area contributed by atoms with E-state index in [4.69, 9.17) is 14.2 Å². The molecular formula is C62H116O6. The van der Waals surface area contributed by atoms with Crippen molar-refractivity contribution < 1.29 is 28.6 Å². The molecule has 0 aliphatic heterocycles. The Labute approximate surface area is 423 Å². The van der Waals surface area contributed by atoms with E-state index in [1.807, 2.05) is 0 Å². The molecule has 0 bridgehead atoms. The second-order valence-corrected chi connectivity index (χ2v) is 20.6. The zero-order valence-electron chi connectivity index (χ0n) is 45.9. The van der Waals surface area contributed by atoms with Crippen LogP contribution in [0.4, 0.5) is 0 Å². The molecule has 0 amide bonds. The van der Waals surface area contributed by atoms with Crippen LogP contribution in [0.2, 0.25) is 0 Å². The average Bonchev–Trinajstić information content (AvgIpc) is 3.34. The third-order valence-electron chi connectivity index (χ3n) is 13.7. The summed E-state index contributed by atoms with van der Waals surface area (Å²) in [6.45, 7) is 6.68. The highest BCUT2D eigenvalue weighted by Gasteiger charge is 2.19. The molecule has 0 saturated carbocycles. The van der Waals surface area contributed by atoms with Crippen LogP contribution in [0.25, 0.3) is 0 Å². The molecular weight excluding hydrogens is 841 g/mol. The zero-order chi connectivity index (χ0) is 49.3. The molecule has 0 fully saturated rings. The third-order valence-corrected chi connectivity index (χ3v) is 13.7. The van der Waals surface area contributed by atoms with Gasteiger partial charge in [-0.15, -0.1) is 0 Å². The topological polar surface area (TPSA) is 78.9 Å². The number of carbonyl (C=O) groups is 3. The fourth-order valence-electron chi connectivity index (χ4n) is 9.12. The monoisotopic (exact) mass is 957 g/mol. The van der Waals surface area contributed by atoms with Gasteiger partial charge in [-0.3, -0.25) is 14.4 Å². The van der Waals surface area contributed by atoms with Gasteiger partial charge in [-0.25, -0.2) is 0 Å². The number of hydrogen-bond acceptors (Lipinski definition) is 6. The van der Waals surface area contributed by atoms with E-state index in [1.54, 1.807) is 0 Å². The Morgan fingerprint density at radius 3 is 0.824 bits per heavy atom. The van der Waals surface area contributed by atoms with E-state index >= 15 is 0 Å². The minimum absolute atomic E-state index is 0.0678. The Balaban J connectivity index is 4.32. The largest absolute Gasteiger partial charge is 0.462 e. The van der Waals surface area contributed by atoms with Crippen molar-refractivity contribution in [3.63, 3.8) is 0 Å². The first kappa shape index (κ1) is 65.9. The summed E-state index contributed by atoms with van der Waals surface area (Å²) in [6, 6.07) is 0. The summed E-state index contributed by atoms with van der Waals surface area (Å²) in [5.41, 5.74) is 0. The van der Waals surface area contributed by atoms with Gasteiger partial charge in [-0.2, -0.15) is 0 Å². The van der Waals surface area contributed by atoms with E-state index in [-0.39, 0.29) is 31.1 Å². The van der Waals surface area contributed by atoms with Crippen molar-refractivity contribution >= 4 is 17.9 Å². The molecule has 0 aliphatic rings. The van der Waals surface area contributed by atoms with Gasteiger partial charge in [0, 0.05) is 19.3 Å². The molecule has 0 aromatic carbocycles. The highest BCUT2D eigenvalue weighted by Crippen LogP contribution is 2.17. The zero-order valence-corrected chi connectivity index (χ0v) is 45.9. The van der Waals surface area contributed by atoms with Crippen molar-refractivity contribution in [1.82, 2.24) is 0 Å². The molecule has 0 N–H and O–H groups in total. The van der Waals surface area contributed by atoms with Crippen LogP contribution in [0.3, 0.4) is 0 Å². The summed E-state index contributed by atoms with van der Waals surface area (Å²) in [5.74, 6) is -0.851. The first-order chi connectivity index (χ1) is 33.5. The molecule has 0 saturated heterocycles. The number of esters is 3. The second-order valence-electron chi connectivity index (χ2n) is 20.6. The molecule has 0 aliphatic carbocycles. The molecule has 400 valence electrons. The molecule has 0 aromatic heterocycles. The minimum atomic E-state index is -0.770. The number of unbranched alkanes of at least 4 members (excludes halogenated alkanes) is 41. The van der Waals surface area contributed by atoms with Gasteiger partial charge in [0.1, 0.15) is 13.2 Å². The van der Waals surface area contributed by atoms with Gasteiger partial charge >= 0.3 is 17.9 Å². The van der Waals surface area contributed by atoms with Gasteiger partial charge in [-0.1, -0.05) is 289 Å². The van der Waals surface area contributed by atoms with Gasteiger partial charge < -0.3 is 14.2 Å². The van der Waals surface area contributed by atoms with Gasteiger partial charge in [0.05, 0.1) is 0 Å². The van der Waals surface area contributed by atoms with Crippen molar-refractivity contribution in [3.05, 3.63) is 24.3 Å². The smallest absolute Gasteiger partial charge is 0.306 e. The standard InChI is InChI=1S/C62H116O6/c1-4-7-10-13-16-19-22-25-28-30-32-34-37-40-43-46-49-52-55-61(64)67-58-59(57-66-60(63)54-51-48-45-42-39-36-27-24-21-18-15-12-9-6-3)68-62(65)56-53-50-47-44-41-38-35-33-31-29-26-23-20-17-14-11-8-5-2/h19,22,28,30,59H,4-18,20-21,23-27,29,31-58H2,1-3H3/b22-19-,30-28-. The summed E-state index contributed by atoms with van der Waals surface area (Å²) in [4.78, 5) is 38.2. The quantitative estimate of drug-likeness (QED) is 0.0262. The first-order valence-electron chi connectivity index (χ1n) is 30.3. The Bertz CT molecular complexity index is 1100. The predicted molar refractivity (Wildman–Crippen MR) is 293 cm³/mol. The summed E-state index contributed by atoms with van der Waals surface area (Å²) in [7, 11) is 0. The number of hydrogen-bond donors (Lipinski definition) is 0. The fraction of sp³-hybridized carbons (Fsp3) is 0.887. The minimum Gasteiger partial charge on any atom is -0.462 e. The first-order valence-corrected chi connectivity index (χ1v) is 30.3. The average molecular weight is 958 g/mol. The van der Waals surface area contributed by atoms with Crippen molar-refractivity contribution in [3.8, 4) is 0 Å². The lowest BCUT2D eigenvalue weighted by Gasteiger charge is -2.18. The lowest BCUT2D eigenvalue weighted by Crippen LogP contribution is -2.30. The fourth-order valence-corrected chi connectivity index (χ4v) is 9.12. The summed E-state index contributed by atoms with van der Waals surface area (Å²) in [5, 5.41) is 0. The molecule has 0 aromatic rings. The second kappa shape index (κ2) is 57.5. The molecule has 6 heteroatoms. The number of rotatable bonds is 56. The van der Waals surface area contributed by atoms with Crippen LogP contribution in [0.15, 0.2) is 24.3 Å². The lowest BCUT2D eigenvalue weighted by atomic mass is 10.0. The highest BCUT2D eigenvalue weighted by atomic mass is 16.6. The van der Waals surface area contributed by atoms with E-state index in [9.17, 15) is 14.4 Å². The van der Waals surface area contributed by atoms with E-state index in [1.165, 1.54) is 225 Å². The normalized spacial score (nSPS) is 12.1. The van der Waals surface area contributed by atoms with Gasteiger partial charge in [0.2, 0.25) is 0 Å². The molecule has 0 rings (SSSR count). The van der Waals surface area contributed by atoms with Crippen molar-refractivity contribution in [1.29, 1.82) is 0 Å². The molecule has 0 radical (unpaired) electrons. The van der Waals surface area contributed by atoms with E-state index in [0.29, 0.717) is 19.3 Å². The van der Waals surface area contributed by atoms with Crippen LogP contribution in [-0.2, 0) is 28.6 Å². The third kappa shape index (κ3) is 54.8. The highest BCUT2D eigenvalue weighted by molar-refractivity contribution is 5.71. The van der Waals surface area contributed by atoms with E-state index < -0.39 is 6.10 Å². The van der Waals surface area contributed by atoms with Crippen LogP contribution in [0, 0.1) is 0 Å². The maximum atomic E-state index is 12.9. The van der Waals surface area contributed by atoms with Crippen molar-refractivity contribution in [2.24, 2.45) is 0 Å². The predicted octanol–water partition coefficient (Wildman–Crippen LogP) is 20.3. The Kier molecular flexibility index (Phi) is 55.7. The van der Waals surface area contributed by atoms with Crippen LogP contribution in [0.1, 0.15) is 335 Å². The summed E-state index contributed by atoms with van der Waals surface area (Å²) < 4.78 is 16.9. The van der Waals surface area contributed by atoms with Crippen LogP contribution in [0.5, 0.6) is 0 Å². The Morgan fingerprint density at radius 1 is 0.294 bits per heavy atom. The lowest BCUT2D eigenvalue weighted by molar-refractivity contribution is -0.167. The molecule has 0 heterocycles.